The lowest BCUT2D eigenvalue weighted by molar-refractivity contribution is -0.145. The van der Waals surface area contributed by atoms with Gasteiger partial charge in [-0.1, -0.05) is 12.2 Å². The number of imide groups is 1. The van der Waals surface area contributed by atoms with E-state index in [-0.39, 0.29) is 42.1 Å². The third-order valence-electron chi connectivity index (χ3n) is 6.99. The minimum absolute atomic E-state index is 0.136. The molecule has 1 saturated carbocycles. The number of hydrogen-bond donors (Lipinski definition) is 0. The highest BCUT2D eigenvalue weighted by molar-refractivity contribution is 6.06. The molecule has 8 nitrogen and oxygen atoms in total. The van der Waals surface area contributed by atoms with Crippen LogP contribution in [0.2, 0.25) is 0 Å². The van der Waals surface area contributed by atoms with Crippen molar-refractivity contribution in [2.75, 3.05) is 13.2 Å². The Morgan fingerprint density at radius 1 is 1.09 bits per heavy atom. The summed E-state index contributed by atoms with van der Waals surface area (Å²) in [5.74, 6) is -0.378. The molecule has 8 heteroatoms. The number of nitrogens with zero attached hydrogens (tertiary/aromatic N) is 3. The number of rotatable bonds is 7. The van der Waals surface area contributed by atoms with E-state index in [0.29, 0.717) is 12.4 Å². The van der Waals surface area contributed by atoms with Crippen molar-refractivity contribution in [1.29, 1.82) is 0 Å². The number of fused-ring (bicyclic) bond motifs is 5. The third kappa shape index (κ3) is 3.63. The quantitative estimate of drug-likeness (QED) is 0.273. The van der Waals surface area contributed by atoms with Crippen LogP contribution < -0.4 is 4.74 Å². The number of aromatic nitrogens is 1. The third-order valence-corrected chi connectivity index (χ3v) is 6.99. The minimum atomic E-state index is -0.407. The fourth-order valence-electron chi connectivity index (χ4n) is 5.47. The number of carbonyl (C=O) groups excluding carboxylic acids is 3. The van der Waals surface area contributed by atoms with Gasteiger partial charge in [0.1, 0.15) is 5.75 Å². The van der Waals surface area contributed by atoms with Gasteiger partial charge < -0.3 is 14.0 Å². The maximum atomic E-state index is 12.9. The molecule has 1 aliphatic heterocycles. The van der Waals surface area contributed by atoms with Crippen LogP contribution in [0.1, 0.15) is 30.3 Å². The van der Waals surface area contributed by atoms with Crippen LogP contribution >= 0.6 is 0 Å². The maximum absolute atomic E-state index is 12.9. The first-order valence-electron chi connectivity index (χ1n) is 11.6. The molecular weight excluding hydrogens is 434 g/mol. The van der Waals surface area contributed by atoms with E-state index in [4.69, 9.17) is 9.47 Å². The summed E-state index contributed by atoms with van der Waals surface area (Å²) in [5.41, 5.74) is 3.67. The van der Waals surface area contributed by atoms with Gasteiger partial charge in [-0.15, -0.1) is 0 Å². The Morgan fingerprint density at radius 3 is 2.35 bits per heavy atom. The van der Waals surface area contributed by atoms with Gasteiger partial charge in [0.25, 0.3) is 11.8 Å². The number of benzene rings is 1. The molecule has 34 heavy (non-hydrogen) atoms. The number of esters is 1. The van der Waals surface area contributed by atoms with Gasteiger partial charge in [0, 0.05) is 22.6 Å². The lowest BCUT2D eigenvalue weighted by Crippen LogP contribution is -2.28. The fourth-order valence-corrected chi connectivity index (χ4v) is 5.47. The SMILES string of the molecule is CCOC(=O)COc1ccc(-n2c(C)cc(C=NN3C(=O)[C@@H]4[C@H](C3=O)[C@H]3C=C[C@H]4C3)c2C)cc1. The van der Waals surface area contributed by atoms with E-state index in [0.717, 1.165) is 34.1 Å². The van der Waals surface area contributed by atoms with Crippen molar-refractivity contribution in [3.63, 3.8) is 0 Å². The Labute approximate surface area is 197 Å². The second kappa shape index (κ2) is 8.59. The molecule has 2 heterocycles. The molecule has 2 aliphatic carbocycles. The van der Waals surface area contributed by atoms with Crippen molar-refractivity contribution < 1.29 is 23.9 Å². The first-order chi connectivity index (χ1) is 16.4. The summed E-state index contributed by atoms with van der Waals surface area (Å²) in [6.07, 6.45) is 6.65. The second-order valence-electron chi connectivity index (χ2n) is 8.98. The zero-order chi connectivity index (χ0) is 24.0. The number of hydrogen-bond acceptors (Lipinski definition) is 6. The molecule has 2 bridgehead atoms. The number of ether oxygens (including phenoxy) is 2. The maximum Gasteiger partial charge on any atom is 0.344 e. The number of amides is 2. The molecule has 0 N–H and O–H groups in total. The molecule has 0 radical (unpaired) electrons. The Balaban J connectivity index is 1.31. The molecular formula is C26H27N3O5. The standard InChI is InChI=1S/C26H27N3O5/c1-4-33-22(30)14-34-21-9-7-20(8-10-21)28-15(2)11-19(16(28)3)13-27-29-25(31)23-17-5-6-18(12-17)24(23)26(29)32/h5-11,13,17-18,23-24H,4,12,14H2,1-3H3/t17-,18-,23-,24+/m0/s1. The summed E-state index contributed by atoms with van der Waals surface area (Å²) in [7, 11) is 0. The van der Waals surface area contributed by atoms with Gasteiger partial charge in [-0.25, -0.2) is 4.79 Å². The predicted octanol–water partition coefficient (Wildman–Crippen LogP) is 3.18. The van der Waals surface area contributed by atoms with Crippen molar-refractivity contribution >= 4 is 24.0 Å². The summed E-state index contributed by atoms with van der Waals surface area (Å²) in [5, 5.41) is 5.39. The van der Waals surface area contributed by atoms with Crippen LogP contribution in [0, 0.1) is 37.5 Å². The molecule has 4 atom stereocenters. The van der Waals surface area contributed by atoms with Crippen LogP contribution in [-0.2, 0) is 19.1 Å². The molecule has 0 spiro atoms. The number of hydrazone groups is 1. The Kier molecular flexibility index (Phi) is 5.59. The summed E-state index contributed by atoms with van der Waals surface area (Å²) < 4.78 is 12.4. The largest absolute Gasteiger partial charge is 0.482 e. The van der Waals surface area contributed by atoms with E-state index in [9.17, 15) is 14.4 Å². The molecule has 2 amide bonds. The van der Waals surface area contributed by atoms with Crippen LogP contribution in [0.25, 0.3) is 5.69 Å². The van der Waals surface area contributed by atoms with Gasteiger partial charge in [-0.05, 0) is 69.4 Å². The average molecular weight is 462 g/mol. The monoisotopic (exact) mass is 461 g/mol. The lowest BCUT2D eigenvalue weighted by atomic mass is 9.85. The van der Waals surface area contributed by atoms with Crippen molar-refractivity contribution in [2.45, 2.75) is 27.2 Å². The minimum Gasteiger partial charge on any atom is -0.482 e. The molecule has 0 unspecified atom stereocenters. The zero-order valence-electron chi connectivity index (χ0n) is 19.4. The Bertz CT molecular complexity index is 1180. The Hall–Kier alpha value is -3.68. The molecule has 176 valence electrons. The second-order valence-corrected chi connectivity index (χ2v) is 8.98. The van der Waals surface area contributed by atoms with Gasteiger partial charge in [0.15, 0.2) is 6.61 Å². The van der Waals surface area contributed by atoms with Crippen LogP contribution in [-0.4, -0.2) is 46.8 Å². The predicted molar refractivity (Wildman–Crippen MR) is 125 cm³/mol. The first kappa shape index (κ1) is 22.1. The van der Waals surface area contributed by atoms with Crippen LogP contribution in [0.5, 0.6) is 5.75 Å². The van der Waals surface area contributed by atoms with Crippen molar-refractivity contribution in [2.24, 2.45) is 28.8 Å². The van der Waals surface area contributed by atoms with Gasteiger partial charge in [-0.3, -0.25) is 9.59 Å². The summed E-state index contributed by atoms with van der Waals surface area (Å²) in [6, 6.07) is 9.37. The summed E-state index contributed by atoms with van der Waals surface area (Å²) >= 11 is 0. The van der Waals surface area contributed by atoms with E-state index in [1.807, 2.05) is 32.0 Å². The van der Waals surface area contributed by atoms with Crippen LogP contribution in [0.15, 0.2) is 47.6 Å². The van der Waals surface area contributed by atoms with E-state index >= 15 is 0 Å². The fraction of sp³-hybridized carbons (Fsp3) is 0.385. The topological polar surface area (TPSA) is 90.2 Å². The lowest BCUT2D eigenvalue weighted by Gasteiger charge is -2.13. The molecule has 2 aromatic rings. The van der Waals surface area contributed by atoms with Crippen LogP contribution in [0.3, 0.4) is 0 Å². The molecule has 5 rings (SSSR count). The van der Waals surface area contributed by atoms with Gasteiger partial charge in [0.05, 0.1) is 24.7 Å². The van der Waals surface area contributed by atoms with Gasteiger partial charge >= 0.3 is 5.97 Å². The number of aryl methyl sites for hydroxylation is 1. The van der Waals surface area contributed by atoms with Crippen LogP contribution in [0.4, 0.5) is 0 Å². The summed E-state index contributed by atoms with van der Waals surface area (Å²) in [4.78, 5) is 37.2. The first-order valence-corrected chi connectivity index (χ1v) is 11.6. The normalized spacial score (nSPS) is 25.0. The number of carbonyl (C=O) groups is 3. The average Bonchev–Trinajstić information content (AvgIpc) is 3.56. The van der Waals surface area contributed by atoms with E-state index < -0.39 is 5.97 Å². The highest BCUT2D eigenvalue weighted by atomic mass is 16.6. The molecule has 1 aromatic heterocycles. The van der Waals surface area contributed by atoms with Gasteiger partial charge in [0.2, 0.25) is 0 Å². The van der Waals surface area contributed by atoms with Crippen molar-refractivity contribution in [3.8, 4) is 11.4 Å². The van der Waals surface area contributed by atoms with E-state index in [1.165, 1.54) is 0 Å². The molecule has 2 fully saturated rings. The zero-order valence-corrected chi connectivity index (χ0v) is 19.4. The van der Waals surface area contributed by atoms with E-state index in [2.05, 4.69) is 21.8 Å². The number of allylic oxidation sites excluding steroid dienone is 2. The van der Waals surface area contributed by atoms with Gasteiger partial charge in [-0.2, -0.15) is 10.1 Å². The van der Waals surface area contributed by atoms with E-state index in [1.54, 1.807) is 25.3 Å². The molecule has 3 aliphatic rings. The van der Waals surface area contributed by atoms with Crippen molar-refractivity contribution in [3.05, 3.63) is 59.4 Å². The van der Waals surface area contributed by atoms with Crippen molar-refractivity contribution in [1.82, 2.24) is 9.58 Å². The highest BCUT2D eigenvalue weighted by Crippen LogP contribution is 2.52. The summed E-state index contributed by atoms with van der Waals surface area (Å²) in [6.45, 7) is 5.88. The molecule has 1 saturated heterocycles. The smallest absolute Gasteiger partial charge is 0.344 e. The Morgan fingerprint density at radius 2 is 1.74 bits per heavy atom. The highest BCUT2D eigenvalue weighted by Gasteiger charge is 2.59. The molecule has 1 aromatic carbocycles.